The Morgan fingerprint density at radius 1 is 1.29 bits per heavy atom. The molecule has 1 saturated carbocycles. The molecule has 1 heterocycles. The minimum absolute atomic E-state index is 0.232. The van der Waals surface area contributed by atoms with Gasteiger partial charge in [0.1, 0.15) is 0 Å². The van der Waals surface area contributed by atoms with Crippen LogP contribution in [0.5, 0.6) is 0 Å². The molecule has 0 aromatic rings. The van der Waals surface area contributed by atoms with Crippen LogP contribution in [0.2, 0.25) is 0 Å². The van der Waals surface area contributed by atoms with E-state index in [4.69, 9.17) is 0 Å². The van der Waals surface area contributed by atoms with Crippen LogP contribution in [-0.4, -0.2) is 24.5 Å². The Kier molecular flexibility index (Phi) is 4.43. The summed E-state index contributed by atoms with van der Waals surface area (Å²) in [5.74, 6) is 1.24. The van der Waals surface area contributed by atoms with Gasteiger partial charge in [-0.15, -0.1) is 0 Å². The van der Waals surface area contributed by atoms with Crippen LogP contribution < -0.4 is 10.6 Å². The van der Waals surface area contributed by atoms with Gasteiger partial charge in [-0.3, -0.25) is 4.79 Å². The molecule has 1 saturated heterocycles. The summed E-state index contributed by atoms with van der Waals surface area (Å²) >= 11 is 0. The average molecular weight is 238 g/mol. The first-order valence-corrected chi connectivity index (χ1v) is 7.20. The molecule has 1 aliphatic heterocycles. The second-order valence-corrected chi connectivity index (χ2v) is 5.92. The highest BCUT2D eigenvalue weighted by atomic mass is 16.1. The van der Waals surface area contributed by atoms with Gasteiger partial charge in [0.15, 0.2) is 0 Å². The summed E-state index contributed by atoms with van der Waals surface area (Å²) in [6.07, 6.45) is 7.26. The number of hydrogen-bond acceptors (Lipinski definition) is 2. The summed E-state index contributed by atoms with van der Waals surface area (Å²) in [5.41, 5.74) is 0. The maximum absolute atomic E-state index is 12.2. The maximum atomic E-state index is 12.2. The normalized spacial score (nSPS) is 32.4. The Labute approximate surface area is 105 Å². The van der Waals surface area contributed by atoms with Crippen molar-refractivity contribution in [1.29, 1.82) is 0 Å². The number of nitrogens with one attached hydrogen (secondary N) is 2. The highest BCUT2D eigenvalue weighted by molar-refractivity contribution is 5.79. The van der Waals surface area contributed by atoms with Gasteiger partial charge in [-0.1, -0.05) is 12.8 Å². The van der Waals surface area contributed by atoms with Crippen molar-refractivity contribution in [2.75, 3.05) is 6.54 Å². The number of piperidine rings is 1. The molecule has 0 spiro atoms. The fourth-order valence-electron chi connectivity index (χ4n) is 3.29. The quantitative estimate of drug-likeness (QED) is 0.790. The highest BCUT2D eigenvalue weighted by Gasteiger charge is 2.28. The van der Waals surface area contributed by atoms with Crippen LogP contribution in [0.15, 0.2) is 0 Å². The van der Waals surface area contributed by atoms with Crippen LogP contribution in [0.25, 0.3) is 0 Å². The average Bonchev–Trinajstić information content (AvgIpc) is 2.82. The monoisotopic (exact) mass is 238 g/mol. The molecule has 0 bridgehead atoms. The third-order valence-corrected chi connectivity index (χ3v) is 4.47. The van der Waals surface area contributed by atoms with E-state index in [9.17, 15) is 4.79 Å². The topological polar surface area (TPSA) is 41.1 Å². The first-order valence-electron chi connectivity index (χ1n) is 7.20. The molecular formula is C14H26N2O. The third kappa shape index (κ3) is 3.44. The molecular weight excluding hydrogens is 212 g/mol. The van der Waals surface area contributed by atoms with E-state index in [0.29, 0.717) is 12.1 Å². The van der Waals surface area contributed by atoms with Crippen molar-refractivity contribution in [2.24, 2.45) is 11.8 Å². The molecule has 3 heteroatoms. The predicted molar refractivity (Wildman–Crippen MR) is 69.8 cm³/mol. The lowest BCUT2D eigenvalue weighted by Crippen LogP contribution is -2.46. The van der Waals surface area contributed by atoms with Crippen LogP contribution in [-0.2, 0) is 4.79 Å². The summed E-state index contributed by atoms with van der Waals surface area (Å²) in [4.78, 5) is 12.2. The van der Waals surface area contributed by atoms with E-state index in [1.807, 2.05) is 0 Å². The van der Waals surface area contributed by atoms with E-state index in [2.05, 4.69) is 24.5 Å². The van der Waals surface area contributed by atoms with E-state index in [-0.39, 0.29) is 11.8 Å². The van der Waals surface area contributed by atoms with Gasteiger partial charge in [0, 0.05) is 18.0 Å². The smallest absolute Gasteiger partial charge is 0.223 e. The summed E-state index contributed by atoms with van der Waals surface area (Å²) in [6.45, 7) is 5.33. The zero-order chi connectivity index (χ0) is 12.3. The number of carbonyl (C=O) groups excluding carboxylic acids is 1. The Balaban J connectivity index is 1.79. The van der Waals surface area contributed by atoms with Crippen molar-refractivity contribution in [3.63, 3.8) is 0 Å². The maximum Gasteiger partial charge on any atom is 0.223 e. The van der Waals surface area contributed by atoms with Gasteiger partial charge in [-0.05, 0) is 52.0 Å². The second kappa shape index (κ2) is 5.85. The first kappa shape index (κ1) is 12.9. The van der Waals surface area contributed by atoms with Crippen molar-refractivity contribution in [2.45, 2.75) is 64.5 Å². The zero-order valence-electron chi connectivity index (χ0n) is 11.2. The van der Waals surface area contributed by atoms with E-state index >= 15 is 0 Å². The van der Waals surface area contributed by atoms with Gasteiger partial charge in [0.05, 0.1) is 0 Å². The molecule has 0 radical (unpaired) electrons. The van der Waals surface area contributed by atoms with Gasteiger partial charge in [-0.2, -0.15) is 0 Å². The fraction of sp³-hybridized carbons (Fsp3) is 0.929. The van der Waals surface area contributed by atoms with Crippen LogP contribution in [0.1, 0.15) is 52.4 Å². The van der Waals surface area contributed by atoms with Crippen molar-refractivity contribution >= 4 is 5.91 Å². The molecule has 2 N–H and O–H groups in total. The van der Waals surface area contributed by atoms with Crippen LogP contribution >= 0.6 is 0 Å². The van der Waals surface area contributed by atoms with E-state index in [0.717, 1.165) is 25.3 Å². The van der Waals surface area contributed by atoms with Crippen molar-refractivity contribution in [1.82, 2.24) is 10.6 Å². The molecule has 0 aromatic heterocycles. The SMILES string of the molecule is CC(NC(=O)[C@H]1CCN[C@@H](C)C1)C1CCCC1. The Hall–Kier alpha value is -0.570. The van der Waals surface area contributed by atoms with Crippen LogP contribution in [0.4, 0.5) is 0 Å². The van der Waals surface area contributed by atoms with Gasteiger partial charge >= 0.3 is 0 Å². The summed E-state index contributed by atoms with van der Waals surface area (Å²) in [7, 11) is 0. The van der Waals surface area contributed by atoms with Gasteiger partial charge in [0.2, 0.25) is 5.91 Å². The van der Waals surface area contributed by atoms with E-state index in [1.54, 1.807) is 0 Å². The molecule has 1 unspecified atom stereocenters. The molecule has 2 rings (SSSR count). The molecule has 1 aliphatic carbocycles. The van der Waals surface area contributed by atoms with Crippen molar-refractivity contribution < 1.29 is 4.79 Å². The predicted octanol–water partition coefficient (Wildman–Crippen LogP) is 2.07. The van der Waals surface area contributed by atoms with Crippen molar-refractivity contribution in [3.8, 4) is 0 Å². The van der Waals surface area contributed by atoms with Gasteiger partial charge < -0.3 is 10.6 Å². The lowest BCUT2D eigenvalue weighted by atomic mass is 9.91. The van der Waals surface area contributed by atoms with Crippen LogP contribution in [0.3, 0.4) is 0 Å². The molecule has 98 valence electrons. The zero-order valence-corrected chi connectivity index (χ0v) is 11.2. The first-order chi connectivity index (χ1) is 8.16. The van der Waals surface area contributed by atoms with Crippen LogP contribution in [0, 0.1) is 11.8 Å². The highest BCUT2D eigenvalue weighted by Crippen LogP contribution is 2.28. The number of hydrogen-bond donors (Lipinski definition) is 2. The van der Waals surface area contributed by atoms with Gasteiger partial charge in [-0.25, -0.2) is 0 Å². The van der Waals surface area contributed by atoms with E-state index < -0.39 is 0 Å². The minimum atomic E-state index is 0.232. The lowest BCUT2D eigenvalue weighted by Gasteiger charge is -2.29. The third-order valence-electron chi connectivity index (χ3n) is 4.47. The molecule has 17 heavy (non-hydrogen) atoms. The lowest BCUT2D eigenvalue weighted by molar-refractivity contribution is -0.127. The summed E-state index contributed by atoms with van der Waals surface area (Å²) < 4.78 is 0. The standard InChI is InChI=1S/C14H26N2O/c1-10-9-13(7-8-15-10)14(17)16-11(2)12-5-3-4-6-12/h10-13,15H,3-9H2,1-2H3,(H,16,17)/t10-,11?,13-/m0/s1. The minimum Gasteiger partial charge on any atom is -0.353 e. The number of rotatable bonds is 3. The molecule has 2 fully saturated rings. The van der Waals surface area contributed by atoms with Crippen molar-refractivity contribution in [3.05, 3.63) is 0 Å². The number of amides is 1. The molecule has 0 aromatic carbocycles. The Morgan fingerprint density at radius 3 is 2.65 bits per heavy atom. The number of carbonyl (C=O) groups is 1. The molecule has 2 aliphatic rings. The summed E-state index contributed by atoms with van der Waals surface area (Å²) in [5, 5.41) is 6.64. The second-order valence-electron chi connectivity index (χ2n) is 5.92. The molecule has 3 nitrogen and oxygen atoms in total. The van der Waals surface area contributed by atoms with Gasteiger partial charge in [0.25, 0.3) is 0 Å². The fourth-order valence-corrected chi connectivity index (χ4v) is 3.29. The Bertz CT molecular complexity index is 261. The Morgan fingerprint density at radius 2 is 2.00 bits per heavy atom. The van der Waals surface area contributed by atoms with E-state index in [1.165, 1.54) is 25.7 Å². The summed E-state index contributed by atoms with van der Waals surface area (Å²) in [6, 6.07) is 0.858. The molecule has 1 amide bonds. The molecule has 3 atom stereocenters. The largest absolute Gasteiger partial charge is 0.353 e.